The Hall–Kier alpha value is -1.11. The van der Waals surface area contributed by atoms with Gasteiger partial charge in [-0.05, 0) is 67.8 Å². The van der Waals surface area contributed by atoms with E-state index in [4.69, 9.17) is 6.42 Å². The van der Waals surface area contributed by atoms with E-state index in [-0.39, 0.29) is 17.1 Å². The van der Waals surface area contributed by atoms with Crippen LogP contribution in [0.3, 0.4) is 0 Å². The molecule has 0 spiro atoms. The number of allylic oxidation sites excluding steroid dienone is 1. The molecular formula is C21H28O3. The van der Waals surface area contributed by atoms with E-state index >= 15 is 0 Å². The average molecular weight is 328 g/mol. The molecule has 0 bridgehead atoms. The first kappa shape index (κ1) is 16.4. The monoisotopic (exact) mass is 328 g/mol. The second-order valence-corrected chi connectivity index (χ2v) is 9.12. The highest BCUT2D eigenvalue weighted by Crippen LogP contribution is 2.67. The first-order valence-electron chi connectivity index (χ1n) is 9.37. The highest BCUT2D eigenvalue weighted by atomic mass is 16.3. The molecule has 3 nitrogen and oxygen atoms in total. The van der Waals surface area contributed by atoms with Gasteiger partial charge >= 0.3 is 0 Å². The lowest BCUT2D eigenvalue weighted by atomic mass is 9.45. The highest BCUT2D eigenvalue weighted by Gasteiger charge is 2.66. The van der Waals surface area contributed by atoms with Crippen LogP contribution in [0.2, 0.25) is 0 Å². The van der Waals surface area contributed by atoms with Crippen molar-refractivity contribution in [3.63, 3.8) is 0 Å². The van der Waals surface area contributed by atoms with Gasteiger partial charge in [-0.3, -0.25) is 4.79 Å². The molecule has 7 atom stereocenters. The molecule has 0 unspecified atom stereocenters. The molecule has 4 aliphatic rings. The molecule has 2 N–H and O–H groups in total. The Bertz CT molecular complexity index is 658. The molecule has 0 aromatic carbocycles. The maximum atomic E-state index is 11.9. The van der Waals surface area contributed by atoms with Crippen molar-refractivity contribution in [1.82, 2.24) is 0 Å². The summed E-state index contributed by atoms with van der Waals surface area (Å²) in [4.78, 5) is 11.9. The fraction of sp³-hybridized carbons (Fsp3) is 0.762. The van der Waals surface area contributed by atoms with Crippen LogP contribution < -0.4 is 0 Å². The van der Waals surface area contributed by atoms with Crippen LogP contribution in [0.5, 0.6) is 0 Å². The topological polar surface area (TPSA) is 57.5 Å². The Labute approximate surface area is 144 Å². The quantitative estimate of drug-likeness (QED) is 0.672. The maximum Gasteiger partial charge on any atom is 0.155 e. The molecule has 0 amide bonds. The number of terminal acetylenes is 1. The van der Waals surface area contributed by atoms with Gasteiger partial charge in [0, 0.05) is 11.8 Å². The third kappa shape index (κ3) is 1.85. The third-order valence-corrected chi connectivity index (χ3v) is 8.29. The molecule has 3 heteroatoms. The summed E-state index contributed by atoms with van der Waals surface area (Å²) >= 11 is 0. The van der Waals surface area contributed by atoms with Crippen LogP contribution in [0.4, 0.5) is 0 Å². The second-order valence-electron chi connectivity index (χ2n) is 9.12. The zero-order valence-electron chi connectivity index (χ0n) is 14.7. The van der Waals surface area contributed by atoms with E-state index in [9.17, 15) is 15.0 Å². The highest BCUT2D eigenvalue weighted by molar-refractivity contribution is 5.91. The normalized spacial score (nSPS) is 53.5. The summed E-state index contributed by atoms with van der Waals surface area (Å²) in [5, 5.41) is 22.1. The molecule has 130 valence electrons. The summed E-state index contributed by atoms with van der Waals surface area (Å²) in [6, 6.07) is 0. The van der Waals surface area contributed by atoms with Gasteiger partial charge in [0.25, 0.3) is 0 Å². The maximum absolute atomic E-state index is 11.9. The minimum Gasteiger partial charge on any atom is -0.393 e. The van der Waals surface area contributed by atoms with Gasteiger partial charge in [0.15, 0.2) is 5.78 Å². The van der Waals surface area contributed by atoms with Crippen LogP contribution in [0, 0.1) is 40.9 Å². The van der Waals surface area contributed by atoms with Crippen molar-refractivity contribution in [3.8, 4) is 12.3 Å². The molecule has 0 heterocycles. The van der Waals surface area contributed by atoms with E-state index in [0.29, 0.717) is 31.1 Å². The van der Waals surface area contributed by atoms with Gasteiger partial charge in [-0.1, -0.05) is 25.3 Å². The summed E-state index contributed by atoms with van der Waals surface area (Å²) in [6.07, 6.45) is 12.6. The molecule has 0 radical (unpaired) electrons. The Morgan fingerprint density at radius 2 is 2.00 bits per heavy atom. The first-order chi connectivity index (χ1) is 11.2. The van der Waals surface area contributed by atoms with Crippen molar-refractivity contribution in [2.45, 2.75) is 70.5 Å². The van der Waals surface area contributed by atoms with E-state index in [2.05, 4.69) is 19.8 Å². The van der Waals surface area contributed by atoms with Crippen LogP contribution in [0.15, 0.2) is 11.6 Å². The number of rotatable bonds is 0. The van der Waals surface area contributed by atoms with Gasteiger partial charge in [-0.2, -0.15) is 0 Å². The van der Waals surface area contributed by atoms with Gasteiger partial charge in [-0.15, -0.1) is 6.42 Å². The van der Waals surface area contributed by atoms with Crippen molar-refractivity contribution in [2.75, 3.05) is 0 Å². The second kappa shape index (κ2) is 4.96. The van der Waals surface area contributed by atoms with Crippen molar-refractivity contribution in [1.29, 1.82) is 0 Å². The van der Waals surface area contributed by atoms with Crippen molar-refractivity contribution in [3.05, 3.63) is 11.6 Å². The predicted molar refractivity (Wildman–Crippen MR) is 91.9 cm³/mol. The van der Waals surface area contributed by atoms with E-state index < -0.39 is 17.1 Å². The van der Waals surface area contributed by atoms with Crippen molar-refractivity contribution in [2.24, 2.45) is 28.6 Å². The lowest BCUT2D eigenvalue weighted by Crippen LogP contribution is -2.59. The number of aliphatic hydroxyl groups excluding tert-OH is 1. The smallest absolute Gasteiger partial charge is 0.155 e. The van der Waals surface area contributed by atoms with Crippen LogP contribution in [0.25, 0.3) is 0 Å². The van der Waals surface area contributed by atoms with E-state index in [0.717, 1.165) is 25.7 Å². The zero-order valence-corrected chi connectivity index (χ0v) is 14.7. The van der Waals surface area contributed by atoms with Crippen molar-refractivity contribution < 1.29 is 15.0 Å². The number of hydrogen-bond acceptors (Lipinski definition) is 3. The summed E-state index contributed by atoms with van der Waals surface area (Å²) < 4.78 is 0. The summed E-state index contributed by atoms with van der Waals surface area (Å²) in [5.74, 6) is 3.82. The van der Waals surface area contributed by atoms with Crippen LogP contribution >= 0.6 is 0 Å². The molecule has 0 aromatic rings. The Balaban J connectivity index is 1.76. The van der Waals surface area contributed by atoms with Crippen LogP contribution in [0.1, 0.15) is 58.8 Å². The zero-order chi connectivity index (χ0) is 17.3. The van der Waals surface area contributed by atoms with Gasteiger partial charge in [0.1, 0.15) is 5.60 Å². The molecule has 24 heavy (non-hydrogen) atoms. The van der Waals surface area contributed by atoms with Crippen molar-refractivity contribution >= 4 is 5.78 Å². The van der Waals surface area contributed by atoms with Gasteiger partial charge in [0.05, 0.1) is 6.10 Å². The molecule has 0 aliphatic heterocycles. The van der Waals surface area contributed by atoms with Crippen LogP contribution in [-0.2, 0) is 4.79 Å². The predicted octanol–water partition coefficient (Wildman–Crippen LogP) is 2.85. The standard InChI is InChI=1S/C21H28O3/c1-4-21(24)10-8-16-15-6-5-13-11-14(22)7-9-19(13,2)18(15)17(23)12-20(16,21)3/h1,11,15-18,23-24H,5-10,12H2,2-3H3/t15-,16+,17-,18-,19-,20+,21-/m0/s1. The molecular weight excluding hydrogens is 300 g/mol. The van der Waals surface area contributed by atoms with Gasteiger partial charge in [-0.25, -0.2) is 0 Å². The summed E-state index contributed by atoms with van der Waals surface area (Å²) in [7, 11) is 0. The molecule has 0 aromatic heterocycles. The van der Waals surface area contributed by atoms with E-state index in [1.807, 2.05) is 6.08 Å². The summed E-state index contributed by atoms with van der Waals surface area (Å²) in [6.45, 7) is 4.33. The lowest BCUT2D eigenvalue weighted by molar-refractivity contribution is -0.155. The van der Waals surface area contributed by atoms with E-state index in [1.165, 1.54) is 5.57 Å². The third-order valence-electron chi connectivity index (χ3n) is 8.29. The lowest BCUT2D eigenvalue weighted by Gasteiger charge is -2.60. The average Bonchev–Trinajstić information content (AvgIpc) is 2.79. The number of carbonyl (C=O) groups excluding carboxylic acids is 1. The minimum atomic E-state index is -1.09. The van der Waals surface area contributed by atoms with E-state index in [1.54, 1.807) is 0 Å². The Kier molecular flexibility index (Phi) is 3.38. The molecule has 0 saturated heterocycles. The molecule has 4 aliphatic carbocycles. The number of ketones is 1. The van der Waals surface area contributed by atoms with Gasteiger partial charge in [0.2, 0.25) is 0 Å². The van der Waals surface area contributed by atoms with Crippen LogP contribution in [-0.4, -0.2) is 27.7 Å². The summed E-state index contributed by atoms with van der Waals surface area (Å²) in [5.41, 5.74) is -0.324. The molecule has 3 fully saturated rings. The Morgan fingerprint density at radius 3 is 2.71 bits per heavy atom. The molecule has 4 rings (SSSR count). The minimum absolute atomic E-state index is 0.0750. The fourth-order valence-corrected chi connectivity index (χ4v) is 6.93. The number of aliphatic hydroxyl groups is 2. The molecule has 3 saturated carbocycles. The fourth-order valence-electron chi connectivity index (χ4n) is 6.93. The first-order valence-corrected chi connectivity index (χ1v) is 9.37. The van der Waals surface area contributed by atoms with Gasteiger partial charge < -0.3 is 10.2 Å². The SMILES string of the molecule is C#C[C@]1(O)CC[C@@H]2[C@@H]3CCC4=CC(=O)CC[C@]4(C)[C@@H]3[C@@H](O)C[C@]21C. The number of carbonyl (C=O) groups is 1. The number of fused-ring (bicyclic) bond motifs is 5. The Morgan fingerprint density at radius 1 is 1.25 bits per heavy atom. The largest absolute Gasteiger partial charge is 0.393 e. The number of hydrogen-bond donors (Lipinski definition) is 2.